The van der Waals surface area contributed by atoms with Crippen LogP contribution in [0, 0.1) is 5.92 Å². The van der Waals surface area contributed by atoms with Gasteiger partial charge in [0.25, 0.3) is 0 Å². The predicted molar refractivity (Wildman–Crippen MR) is 65.7 cm³/mol. The number of hydrogen-bond acceptors (Lipinski definition) is 5. The monoisotopic (exact) mass is 241 g/mol. The molecular weight excluding hydrogens is 222 g/mol. The van der Waals surface area contributed by atoms with Crippen molar-refractivity contribution in [3.8, 4) is 0 Å². The van der Waals surface area contributed by atoms with Gasteiger partial charge in [-0.15, -0.1) is 0 Å². The molecule has 2 N–H and O–H groups in total. The van der Waals surface area contributed by atoms with Crippen LogP contribution in [0.4, 0.5) is 5.13 Å². The van der Waals surface area contributed by atoms with Crippen molar-refractivity contribution in [1.29, 1.82) is 0 Å². The van der Waals surface area contributed by atoms with E-state index in [1.807, 2.05) is 0 Å². The summed E-state index contributed by atoms with van der Waals surface area (Å²) in [5.41, 5.74) is 0. The average Bonchev–Trinajstić information content (AvgIpc) is 2.77. The Morgan fingerprint density at radius 3 is 2.94 bits per heavy atom. The molecule has 2 rings (SSSR count). The number of aromatic nitrogens is 2. The van der Waals surface area contributed by atoms with Crippen LogP contribution in [0.2, 0.25) is 0 Å². The lowest BCUT2D eigenvalue weighted by molar-refractivity contribution is 0.178. The summed E-state index contributed by atoms with van der Waals surface area (Å²) in [5.74, 6) is 1.28. The van der Waals surface area contributed by atoms with E-state index in [0.29, 0.717) is 12.0 Å². The molecule has 1 saturated carbocycles. The van der Waals surface area contributed by atoms with Gasteiger partial charge in [0.05, 0.1) is 0 Å². The van der Waals surface area contributed by atoms with Crippen LogP contribution in [-0.4, -0.2) is 27.1 Å². The van der Waals surface area contributed by atoms with Crippen molar-refractivity contribution in [3.05, 3.63) is 5.82 Å². The second kappa shape index (κ2) is 5.59. The molecule has 0 radical (unpaired) electrons. The summed E-state index contributed by atoms with van der Waals surface area (Å²) in [6.45, 7) is 2.33. The first-order valence-electron chi connectivity index (χ1n) is 6.03. The Balaban J connectivity index is 1.96. The molecule has 1 aromatic heterocycles. The van der Waals surface area contributed by atoms with Gasteiger partial charge in [0.15, 0.2) is 0 Å². The number of rotatable bonds is 4. The first-order chi connectivity index (χ1) is 7.83. The number of nitrogens with one attached hydrogen (secondary N) is 1. The Hall–Kier alpha value is -0.680. The van der Waals surface area contributed by atoms with Crippen molar-refractivity contribution < 1.29 is 5.11 Å². The normalized spacial score (nSPS) is 25.6. The lowest BCUT2D eigenvalue weighted by Crippen LogP contribution is -2.34. The van der Waals surface area contributed by atoms with Crippen LogP contribution < -0.4 is 5.32 Å². The van der Waals surface area contributed by atoms with Gasteiger partial charge in [-0.25, -0.2) is 4.98 Å². The van der Waals surface area contributed by atoms with Crippen molar-refractivity contribution in [1.82, 2.24) is 9.36 Å². The van der Waals surface area contributed by atoms with Crippen molar-refractivity contribution in [2.75, 3.05) is 11.9 Å². The van der Waals surface area contributed by atoms with Gasteiger partial charge in [0.2, 0.25) is 5.13 Å². The van der Waals surface area contributed by atoms with E-state index in [-0.39, 0.29) is 6.61 Å². The van der Waals surface area contributed by atoms with Gasteiger partial charge >= 0.3 is 0 Å². The van der Waals surface area contributed by atoms with Gasteiger partial charge in [-0.1, -0.05) is 19.8 Å². The van der Waals surface area contributed by atoms with Gasteiger partial charge < -0.3 is 10.4 Å². The number of aliphatic hydroxyl groups excluding tert-OH is 1. The summed E-state index contributed by atoms with van der Waals surface area (Å²) in [6, 6.07) is 0.372. The summed E-state index contributed by atoms with van der Waals surface area (Å²) in [5, 5.41) is 13.6. The number of aryl methyl sites for hydroxylation is 1. The molecule has 1 aliphatic carbocycles. The molecule has 4 nitrogen and oxygen atoms in total. The zero-order valence-corrected chi connectivity index (χ0v) is 10.5. The third-order valence-corrected chi connectivity index (χ3v) is 3.92. The van der Waals surface area contributed by atoms with Gasteiger partial charge in [-0.3, -0.25) is 0 Å². The smallest absolute Gasteiger partial charge is 0.202 e. The summed E-state index contributed by atoms with van der Waals surface area (Å²) >= 11 is 1.43. The average molecular weight is 241 g/mol. The molecule has 2 atom stereocenters. The maximum absolute atomic E-state index is 9.32. The molecule has 0 aromatic carbocycles. The number of aliphatic hydroxyl groups is 1. The second-order valence-electron chi connectivity index (χ2n) is 4.35. The first-order valence-corrected chi connectivity index (χ1v) is 6.80. The number of anilines is 1. The summed E-state index contributed by atoms with van der Waals surface area (Å²) in [7, 11) is 0. The molecule has 0 spiro atoms. The molecule has 90 valence electrons. The minimum absolute atomic E-state index is 0.275. The minimum Gasteiger partial charge on any atom is -0.396 e. The van der Waals surface area contributed by atoms with E-state index in [0.717, 1.165) is 30.2 Å². The molecule has 0 amide bonds. The summed E-state index contributed by atoms with van der Waals surface area (Å²) in [6.07, 6.45) is 5.61. The topological polar surface area (TPSA) is 58.0 Å². The van der Waals surface area contributed by atoms with Crippen LogP contribution in [0.3, 0.4) is 0 Å². The van der Waals surface area contributed by atoms with E-state index >= 15 is 0 Å². The van der Waals surface area contributed by atoms with Crippen LogP contribution in [0.15, 0.2) is 0 Å². The summed E-state index contributed by atoms with van der Waals surface area (Å²) < 4.78 is 4.26. The fourth-order valence-corrected chi connectivity index (χ4v) is 2.94. The SMILES string of the molecule is CCc1nsc(NC2CCCCC2CO)n1. The Morgan fingerprint density at radius 1 is 1.44 bits per heavy atom. The summed E-state index contributed by atoms with van der Waals surface area (Å²) in [4.78, 5) is 4.41. The Morgan fingerprint density at radius 2 is 2.25 bits per heavy atom. The van der Waals surface area contributed by atoms with E-state index in [1.165, 1.54) is 24.4 Å². The highest BCUT2D eigenvalue weighted by atomic mass is 32.1. The molecule has 2 unspecified atom stereocenters. The largest absolute Gasteiger partial charge is 0.396 e. The molecule has 1 aromatic rings. The maximum atomic E-state index is 9.32. The molecule has 0 aliphatic heterocycles. The zero-order chi connectivity index (χ0) is 11.4. The van der Waals surface area contributed by atoms with E-state index in [4.69, 9.17) is 0 Å². The van der Waals surface area contributed by atoms with Crippen LogP contribution in [0.1, 0.15) is 38.4 Å². The molecule has 0 bridgehead atoms. The van der Waals surface area contributed by atoms with E-state index in [1.54, 1.807) is 0 Å². The molecule has 1 fully saturated rings. The molecular formula is C11H19N3OS. The van der Waals surface area contributed by atoms with Crippen molar-refractivity contribution in [3.63, 3.8) is 0 Å². The zero-order valence-electron chi connectivity index (χ0n) is 9.65. The Kier molecular flexibility index (Phi) is 4.12. The van der Waals surface area contributed by atoms with Crippen LogP contribution >= 0.6 is 11.5 Å². The highest BCUT2D eigenvalue weighted by Gasteiger charge is 2.25. The maximum Gasteiger partial charge on any atom is 0.202 e. The van der Waals surface area contributed by atoms with Crippen molar-refractivity contribution in [2.24, 2.45) is 5.92 Å². The van der Waals surface area contributed by atoms with E-state index in [9.17, 15) is 5.11 Å². The highest BCUT2D eigenvalue weighted by molar-refractivity contribution is 7.09. The predicted octanol–water partition coefficient (Wildman–Crippen LogP) is 2.06. The quantitative estimate of drug-likeness (QED) is 0.847. The first kappa shape index (κ1) is 11.8. The van der Waals surface area contributed by atoms with Crippen molar-refractivity contribution in [2.45, 2.75) is 45.1 Å². The third-order valence-electron chi connectivity index (χ3n) is 3.24. The molecule has 5 heteroatoms. The fourth-order valence-electron chi connectivity index (χ4n) is 2.23. The van der Waals surface area contributed by atoms with Gasteiger partial charge in [-0.2, -0.15) is 4.37 Å². The number of hydrogen-bond donors (Lipinski definition) is 2. The fraction of sp³-hybridized carbons (Fsp3) is 0.818. The highest BCUT2D eigenvalue weighted by Crippen LogP contribution is 2.27. The molecule has 1 aliphatic rings. The van der Waals surface area contributed by atoms with E-state index in [2.05, 4.69) is 21.6 Å². The van der Waals surface area contributed by atoms with Gasteiger partial charge in [0.1, 0.15) is 5.82 Å². The second-order valence-corrected chi connectivity index (χ2v) is 5.10. The van der Waals surface area contributed by atoms with Crippen LogP contribution in [0.25, 0.3) is 0 Å². The van der Waals surface area contributed by atoms with Gasteiger partial charge in [0, 0.05) is 36.5 Å². The molecule has 0 saturated heterocycles. The van der Waals surface area contributed by atoms with E-state index < -0.39 is 0 Å². The minimum atomic E-state index is 0.275. The van der Waals surface area contributed by atoms with Crippen LogP contribution in [-0.2, 0) is 6.42 Å². The van der Waals surface area contributed by atoms with Crippen LogP contribution in [0.5, 0.6) is 0 Å². The van der Waals surface area contributed by atoms with Gasteiger partial charge in [-0.05, 0) is 12.8 Å². The lowest BCUT2D eigenvalue weighted by atomic mass is 9.85. The number of nitrogens with zero attached hydrogens (tertiary/aromatic N) is 2. The van der Waals surface area contributed by atoms with Crippen molar-refractivity contribution >= 4 is 16.7 Å². The molecule has 1 heterocycles. The third kappa shape index (κ3) is 2.71. The standard InChI is InChI=1S/C11H19N3OS/c1-2-10-13-11(16-14-10)12-9-6-4-3-5-8(9)7-15/h8-9,15H,2-7H2,1H3,(H,12,13,14). The lowest BCUT2D eigenvalue weighted by Gasteiger charge is -2.30. The Labute approximate surface area is 100 Å². The molecule has 16 heavy (non-hydrogen) atoms. The Bertz CT molecular complexity index is 329.